The lowest BCUT2D eigenvalue weighted by Crippen LogP contribution is -2.42. The Labute approximate surface area is 143 Å². The van der Waals surface area contributed by atoms with Crippen LogP contribution in [0.2, 0.25) is 10.0 Å². The number of hydrogen-bond donors (Lipinski definition) is 1. The molecule has 0 bridgehead atoms. The molecule has 1 aliphatic rings. The largest absolute Gasteiger partial charge is 0.369 e. The summed E-state index contributed by atoms with van der Waals surface area (Å²) in [5, 5.41) is 0.827. The number of pyridine rings is 1. The predicted molar refractivity (Wildman–Crippen MR) is 87.8 cm³/mol. The van der Waals surface area contributed by atoms with E-state index in [4.69, 9.17) is 28.9 Å². The third-order valence-electron chi connectivity index (χ3n) is 4.20. The Balaban J connectivity index is 1.93. The summed E-state index contributed by atoms with van der Waals surface area (Å²) in [5.74, 6) is -0.607. The number of carbonyl (C=O) groups excluding carboxylic acids is 2. The number of halogens is 2. The summed E-state index contributed by atoms with van der Waals surface area (Å²) in [7, 11) is 0. The van der Waals surface area contributed by atoms with Gasteiger partial charge in [-0.3, -0.25) is 14.0 Å². The number of aryl methyl sites for hydroxylation is 1. The van der Waals surface area contributed by atoms with Crippen LogP contribution in [-0.4, -0.2) is 39.2 Å². The minimum Gasteiger partial charge on any atom is -0.369 e. The van der Waals surface area contributed by atoms with Crippen LogP contribution >= 0.6 is 23.2 Å². The summed E-state index contributed by atoms with van der Waals surface area (Å²) in [5.41, 5.74) is 6.87. The Kier molecular flexibility index (Phi) is 4.21. The van der Waals surface area contributed by atoms with Crippen LogP contribution in [0.4, 0.5) is 0 Å². The molecule has 1 aliphatic heterocycles. The summed E-state index contributed by atoms with van der Waals surface area (Å²) in [6.07, 6.45) is 2.79. The minimum atomic E-state index is -0.304. The number of nitrogens with zero attached hydrogens (tertiary/aromatic N) is 3. The van der Waals surface area contributed by atoms with E-state index in [0.29, 0.717) is 53.0 Å². The van der Waals surface area contributed by atoms with Crippen LogP contribution in [0.3, 0.4) is 0 Å². The number of amides is 2. The highest BCUT2D eigenvalue weighted by atomic mass is 35.5. The smallest absolute Gasteiger partial charge is 0.272 e. The average Bonchev–Trinajstić information content (AvgIpc) is 2.83. The first-order chi connectivity index (χ1) is 10.9. The van der Waals surface area contributed by atoms with E-state index in [1.165, 1.54) is 0 Å². The standard InChI is InChI=1S/C15H16Cl2N4O2/c1-8-12(21-7-10(16)6-11(17)14(21)19-8)15(23)20-4-2-9(3-5-20)13(18)22/h6-7,9H,2-5H2,1H3,(H2,18,22). The first kappa shape index (κ1) is 16.1. The molecule has 0 atom stereocenters. The van der Waals surface area contributed by atoms with Gasteiger partial charge >= 0.3 is 0 Å². The highest BCUT2D eigenvalue weighted by Crippen LogP contribution is 2.26. The molecule has 2 N–H and O–H groups in total. The fourth-order valence-electron chi connectivity index (χ4n) is 2.96. The van der Waals surface area contributed by atoms with Gasteiger partial charge in [0.15, 0.2) is 5.65 Å². The Morgan fingerprint density at radius 1 is 1.30 bits per heavy atom. The lowest BCUT2D eigenvalue weighted by atomic mass is 9.96. The molecule has 0 saturated carbocycles. The molecule has 1 fully saturated rings. The van der Waals surface area contributed by atoms with Crippen molar-refractivity contribution >= 4 is 40.7 Å². The van der Waals surface area contributed by atoms with Crippen LogP contribution in [0, 0.1) is 12.8 Å². The van der Waals surface area contributed by atoms with E-state index in [1.807, 2.05) is 0 Å². The molecule has 2 aromatic heterocycles. The predicted octanol–water partition coefficient (Wildman–Crippen LogP) is 2.29. The Morgan fingerprint density at radius 3 is 2.57 bits per heavy atom. The third kappa shape index (κ3) is 2.88. The molecule has 3 rings (SSSR count). The van der Waals surface area contributed by atoms with Gasteiger partial charge in [0.2, 0.25) is 5.91 Å². The number of hydrogen-bond acceptors (Lipinski definition) is 3. The van der Waals surface area contributed by atoms with Gasteiger partial charge in [0.25, 0.3) is 5.91 Å². The maximum atomic E-state index is 12.9. The van der Waals surface area contributed by atoms with Crippen molar-refractivity contribution in [3.63, 3.8) is 0 Å². The van der Waals surface area contributed by atoms with Gasteiger partial charge in [0, 0.05) is 25.2 Å². The molecule has 0 aromatic carbocycles. The van der Waals surface area contributed by atoms with Gasteiger partial charge in [-0.1, -0.05) is 23.2 Å². The maximum Gasteiger partial charge on any atom is 0.272 e. The van der Waals surface area contributed by atoms with Crippen molar-refractivity contribution in [1.29, 1.82) is 0 Å². The first-order valence-corrected chi connectivity index (χ1v) is 8.06. The molecule has 23 heavy (non-hydrogen) atoms. The molecular formula is C15H16Cl2N4O2. The van der Waals surface area contributed by atoms with E-state index in [0.717, 1.165) is 0 Å². The number of rotatable bonds is 2. The van der Waals surface area contributed by atoms with Gasteiger partial charge in [-0.2, -0.15) is 0 Å². The van der Waals surface area contributed by atoms with Gasteiger partial charge in [-0.15, -0.1) is 0 Å². The van der Waals surface area contributed by atoms with Crippen molar-refractivity contribution in [3.05, 3.63) is 33.7 Å². The van der Waals surface area contributed by atoms with Crippen molar-refractivity contribution in [1.82, 2.24) is 14.3 Å². The monoisotopic (exact) mass is 354 g/mol. The van der Waals surface area contributed by atoms with Crippen molar-refractivity contribution < 1.29 is 9.59 Å². The summed E-state index contributed by atoms with van der Waals surface area (Å²) in [6, 6.07) is 1.59. The van der Waals surface area contributed by atoms with Crippen LogP contribution in [0.5, 0.6) is 0 Å². The summed E-state index contributed by atoms with van der Waals surface area (Å²) >= 11 is 12.2. The Morgan fingerprint density at radius 2 is 1.96 bits per heavy atom. The second kappa shape index (κ2) is 6.02. The lowest BCUT2D eigenvalue weighted by molar-refractivity contribution is -0.123. The van der Waals surface area contributed by atoms with Gasteiger partial charge in [-0.25, -0.2) is 4.98 Å². The van der Waals surface area contributed by atoms with E-state index in [-0.39, 0.29) is 17.7 Å². The molecule has 0 radical (unpaired) electrons. The van der Waals surface area contributed by atoms with E-state index < -0.39 is 0 Å². The molecule has 2 aromatic rings. The van der Waals surface area contributed by atoms with Crippen molar-refractivity contribution in [2.24, 2.45) is 11.7 Å². The molecule has 0 aliphatic carbocycles. The summed E-state index contributed by atoms with van der Waals surface area (Å²) in [6.45, 7) is 2.75. The highest BCUT2D eigenvalue weighted by Gasteiger charge is 2.29. The van der Waals surface area contributed by atoms with Crippen LogP contribution < -0.4 is 5.73 Å². The number of imidazole rings is 1. The average molecular weight is 355 g/mol. The van der Waals surface area contributed by atoms with E-state index in [1.54, 1.807) is 28.5 Å². The zero-order chi connectivity index (χ0) is 16.7. The van der Waals surface area contributed by atoms with Gasteiger partial charge < -0.3 is 10.6 Å². The second-order valence-electron chi connectivity index (χ2n) is 5.71. The van der Waals surface area contributed by atoms with Crippen LogP contribution in [-0.2, 0) is 4.79 Å². The molecule has 3 heterocycles. The van der Waals surface area contributed by atoms with E-state index in [9.17, 15) is 9.59 Å². The number of primary amides is 1. The molecule has 8 heteroatoms. The van der Waals surface area contributed by atoms with Crippen LogP contribution in [0.15, 0.2) is 12.3 Å². The van der Waals surface area contributed by atoms with Gasteiger partial charge in [0.1, 0.15) is 5.69 Å². The summed E-state index contributed by atoms with van der Waals surface area (Å²) in [4.78, 5) is 30.2. The molecule has 0 spiro atoms. The van der Waals surface area contributed by atoms with Crippen LogP contribution in [0.25, 0.3) is 5.65 Å². The van der Waals surface area contributed by atoms with Crippen LogP contribution in [0.1, 0.15) is 29.0 Å². The number of aromatic nitrogens is 2. The molecule has 0 unspecified atom stereocenters. The van der Waals surface area contributed by atoms with Crippen molar-refractivity contribution in [2.45, 2.75) is 19.8 Å². The first-order valence-electron chi connectivity index (χ1n) is 7.30. The molecule has 2 amide bonds. The fraction of sp³-hybridized carbons (Fsp3) is 0.400. The Hall–Kier alpha value is -1.79. The maximum absolute atomic E-state index is 12.9. The zero-order valence-electron chi connectivity index (χ0n) is 12.6. The van der Waals surface area contributed by atoms with Gasteiger partial charge in [-0.05, 0) is 25.8 Å². The zero-order valence-corrected chi connectivity index (χ0v) is 14.1. The number of likely N-dealkylation sites (tertiary alicyclic amines) is 1. The number of carbonyl (C=O) groups is 2. The molecular weight excluding hydrogens is 339 g/mol. The lowest BCUT2D eigenvalue weighted by Gasteiger charge is -2.30. The van der Waals surface area contributed by atoms with Crippen molar-refractivity contribution in [2.75, 3.05) is 13.1 Å². The normalized spacial score (nSPS) is 16.0. The third-order valence-corrected chi connectivity index (χ3v) is 4.69. The van der Waals surface area contributed by atoms with E-state index in [2.05, 4.69) is 4.98 Å². The van der Waals surface area contributed by atoms with Gasteiger partial charge in [0.05, 0.1) is 15.7 Å². The number of nitrogens with two attached hydrogens (primary N) is 1. The number of fused-ring (bicyclic) bond motifs is 1. The minimum absolute atomic E-state index is 0.142. The second-order valence-corrected chi connectivity index (χ2v) is 6.56. The molecule has 6 nitrogen and oxygen atoms in total. The van der Waals surface area contributed by atoms with Crippen molar-refractivity contribution in [3.8, 4) is 0 Å². The summed E-state index contributed by atoms with van der Waals surface area (Å²) < 4.78 is 1.63. The fourth-order valence-corrected chi connectivity index (χ4v) is 3.47. The SMILES string of the molecule is Cc1nc2c(Cl)cc(Cl)cn2c1C(=O)N1CCC(C(N)=O)CC1. The molecule has 1 saturated heterocycles. The quantitative estimate of drug-likeness (QED) is 0.898. The topological polar surface area (TPSA) is 80.7 Å². The molecule has 122 valence electrons. The number of piperidine rings is 1. The van der Waals surface area contributed by atoms with E-state index >= 15 is 0 Å². The highest BCUT2D eigenvalue weighted by molar-refractivity contribution is 6.36. The Bertz CT molecular complexity index is 794.